The van der Waals surface area contributed by atoms with E-state index in [1.54, 1.807) is 0 Å². The van der Waals surface area contributed by atoms with Gasteiger partial charge < -0.3 is 5.73 Å². The van der Waals surface area contributed by atoms with E-state index in [4.69, 9.17) is 5.73 Å². The van der Waals surface area contributed by atoms with Crippen molar-refractivity contribution in [2.75, 3.05) is 0 Å². The van der Waals surface area contributed by atoms with Crippen LogP contribution in [0.15, 0.2) is 28.7 Å². The quantitative estimate of drug-likeness (QED) is 0.884. The van der Waals surface area contributed by atoms with Crippen LogP contribution in [0, 0.1) is 0 Å². The maximum absolute atomic E-state index is 10.6. The van der Waals surface area contributed by atoms with Gasteiger partial charge in [0.2, 0.25) is 5.91 Å². The van der Waals surface area contributed by atoms with E-state index in [2.05, 4.69) is 35.0 Å². The molecule has 1 aromatic carbocycles. The van der Waals surface area contributed by atoms with Crippen molar-refractivity contribution >= 4 is 21.8 Å². The van der Waals surface area contributed by atoms with E-state index >= 15 is 0 Å². The lowest BCUT2D eigenvalue weighted by Gasteiger charge is -2.10. The number of amides is 1. The van der Waals surface area contributed by atoms with E-state index in [1.165, 1.54) is 5.56 Å². The minimum atomic E-state index is -0.228. The Morgan fingerprint density at radius 3 is 2.50 bits per heavy atom. The van der Waals surface area contributed by atoms with Gasteiger partial charge in [-0.05, 0) is 30.0 Å². The number of carbonyl (C=O) groups excluding carboxylic acids is 1. The first kappa shape index (κ1) is 11.2. The number of carbonyl (C=O) groups is 1. The monoisotopic (exact) mass is 255 g/mol. The Morgan fingerprint density at radius 2 is 2.00 bits per heavy atom. The molecule has 0 aliphatic rings. The van der Waals surface area contributed by atoms with Crippen molar-refractivity contribution in [1.29, 1.82) is 0 Å². The molecular weight excluding hydrogens is 242 g/mol. The molecule has 2 nitrogen and oxygen atoms in total. The molecule has 0 fully saturated rings. The Morgan fingerprint density at radius 1 is 1.43 bits per heavy atom. The first-order valence-corrected chi connectivity index (χ1v) is 5.42. The maximum Gasteiger partial charge on any atom is 0.217 e. The molecule has 14 heavy (non-hydrogen) atoms. The van der Waals surface area contributed by atoms with E-state index in [0.717, 1.165) is 10.9 Å². The number of hydrogen-bond donors (Lipinski definition) is 1. The average Bonchev–Trinajstić information content (AvgIpc) is 2.15. The Balaban J connectivity index is 2.56. The smallest absolute Gasteiger partial charge is 0.217 e. The normalized spacial score (nSPS) is 12.4. The molecule has 0 spiro atoms. The summed E-state index contributed by atoms with van der Waals surface area (Å²) in [6.45, 7) is 2.10. The molecule has 1 rings (SSSR count). The second-order valence-corrected chi connectivity index (χ2v) is 4.37. The fraction of sp³-hybridized carbons (Fsp3) is 0.364. The van der Waals surface area contributed by atoms with Gasteiger partial charge in [-0.15, -0.1) is 0 Å². The molecule has 0 heterocycles. The highest BCUT2D eigenvalue weighted by molar-refractivity contribution is 9.10. The summed E-state index contributed by atoms with van der Waals surface area (Å²) in [5.41, 5.74) is 6.34. The first-order chi connectivity index (χ1) is 6.59. The van der Waals surface area contributed by atoms with E-state index in [1.807, 2.05) is 12.1 Å². The zero-order valence-corrected chi connectivity index (χ0v) is 9.75. The summed E-state index contributed by atoms with van der Waals surface area (Å²) in [4.78, 5) is 10.6. The Hall–Kier alpha value is -0.830. The lowest BCUT2D eigenvalue weighted by atomic mass is 9.96. The summed E-state index contributed by atoms with van der Waals surface area (Å²) in [5, 5.41) is 0. The molecule has 0 saturated carbocycles. The van der Waals surface area contributed by atoms with Crippen molar-refractivity contribution in [3.63, 3.8) is 0 Å². The average molecular weight is 256 g/mol. The van der Waals surface area contributed by atoms with Gasteiger partial charge in [-0.1, -0.05) is 35.0 Å². The molecule has 3 heteroatoms. The van der Waals surface area contributed by atoms with E-state index < -0.39 is 0 Å². The summed E-state index contributed by atoms with van der Waals surface area (Å²) in [6.07, 6.45) is 1.27. The highest BCUT2D eigenvalue weighted by atomic mass is 79.9. The summed E-state index contributed by atoms with van der Waals surface area (Å²) in [5.74, 6) is 0.157. The summed E-state index contributed by atoms with van der Waals surface area (Å²) < 4.78 is 1.07. The van der Waals surface area contributed by atoms with Gasteiger partial charge in [-0.3, -0.25) is 4.79 Å². The zero-order valence-electron chi connectivity index (χ0n) is 8.16. The van der Waals surface area contributed by atoms with E-state index in [-0.39, 0.29) is 5.91 Å². The van der Waals surface area contributed by atoms with Crippen molar-refractivity contribution in [3.05, 3.63) is 34.3 Å². The molecule has 76 valence electrons. The van der Waals surface area contributed by atoms with Gasteiger partial charge in [-0.2, -0.15) is 0 Å². The molecule has 2 N–H and O–H groups in total. The summed E-state index contributed by atoms with van der Waals surface area (Å²) >= 11 is 3.38. The van der Waals surface area contributed by atoms with E-state index in [0.29, 0.717) is 12.3 Å². The van der Waals surface area contributed by atoms with Crippen molar-refractivity contribution in [2.24, 2.45) is 5.73 Å². The number of halogens is 1. The zero-order chi connectivity index (χ0) is 10.6. The topological polar surface area (TPSA) is 43.1 Å². The molecule has 1 unspecified atom stereocenters. The molecule has 1 atom stereocenters. The number of nitrogens with two attached hydrogens (primary N) is 1. The van der Waals surface area contributed by atoms with Gasteiger partial charge in [0.25, 0.3) is 0 Å². The second kappa shape index (κ2) is 5.15. The van der Waals surface area contributed by atoms with Gasteiger partial charge in [0.1, 0.15) is 0 Å². The molecule has 0 radical (unpaired) electrons. The van der Waals surface area contributed by atoms with Crippen molar-refractivity contribution in [3.8, 4) is 0 Å². The number of rotatable bonds is 4. The third kappa shape index (κ3) is 3.50. The van der Waals surface area contributed by atoms with Crippen LogP contribution in [0.3, 0.4) is 0 Å². The van der Waals surface area contributed by atoms with Gasteiger partial charge in [0, 0.05) is 10.9 Å². The Labute approximate surface area is 92.6 Å². The van der Waals surface area contributed by atoms with Crippen LogP contribution in [0.5, 0.6) is 0 Å². The van der Waals surface area contributed by atoms with Crippen LogP contribution in [-0.4, -0.2) is 5.91 Å². The Bertz CT molecular complexity index is 308. The third-order valence-electron chi connectivity index (χ3n) is 2.26. The van der Waals surface area contributed by atoms with Gasteiger partial charge in [0.15, 0.2) is 0 Å². The van der Waals surface area contributed by atoms with Crippen molar-refractivity contribution < 1.29 is 4.79 Å². The van der Waals surface area contributed by atoms with Gasteiger partial charge in [0.05, 0.1) is 0 Å². The predicted molar refractivity (Wildman–Crippen MR) is 61.0 cm³/mol. The van der Waals surface area contributed by atoms with Crippen LogP contribution in [0.25, 0.3) is 0 Å². The van der Waals surface area contributed by atoms with E-state index in [9.17, 15) is 4.79 Å². The highest BCUT2D eigenvalue weighted by Gasteiger charge is 2.06. The van der Waals surface area contributed by atoms with Gasteiger partial charge in [-0.25, -0.2) is 0 Å². The number of hydrogen-bond acceptors (Lipinski definition) is 1. The minimum absolute atomic E-state index is 0.228. The molecule has 0 aromatic heterocycles. The lowest BCUT2D eigenvalue weighted by Crippen LogP contribution is -2.11. The van der Waals surface area contributed by atoms with Crippen molar-refractivity contribution in [1.82, 2.24) is 0 Å². The Kier molecular flexibility index (Phi) is 4.14. The van der Waals surface area contributed by atoms with Crippen LogP contribution in [0.1, 0.15) is 31.2 Å². The summed E-state index contributed by atoms with van der Waals surface area (Å²) in [6, 6.07) is 8.15. The second-order valence-electron chi connectivity index (χ2n) is 3.46. The van der Waals surface area contributed by atoms with Crippen molar-refractivity contribution in [2.45, 2.75) is 25.7 Å². The number of primary amides is 1. The van der Waals surface area contributed by atoms with Crippen LogP contribution in [-0.2, 0) is 4.79 Å². The standard InChI is InChI=1S/C11H14BrNO/c1-8(2-7-11(13)14)9-3-5-10(12)6-4-9/h3-6,8H,2,7H2,1H3,(H2,13,14). The molecule has 1 amide bonds. The fourth-order valence-electron chi connectivity index (χ4n) is 1.32. The first-order valence-electron chi connectivity index (χ1n) is 4.63. The largest absolute Gasteiger partial charge is 0.370 e. The van der Waals surface area contributed by atoms with Crippen LogP contribution in [0.2, 0.25) is 0 Å². The lowest BCUT2D eigenvalue weighted by molar-refractivity contribution is -0.118. The molecule has 1 aromatic rings. The molecular formula is C11H14BrNO. The van der Waals surface area contributed by atoms with Crippen LogP contribution < -0.4 is 5.73 Å². The third-order valence-corrected chi connectivity index (χ3v) is 2.79. The minimum Gasteiger partial charge on any atom is -0.370 e. The maximum atomic E-state index is 10.6. The van der Waals surface area contributed by atoms with Crippen LogP contribution in [0.4, 0.5) is 0 Å². The summed E-state index contributed by atoms with van der Waals surface area (Å²) in [7, 11) is 0. The molecule has 0 bridgehead atoms. The fourth-order valence-corrected chi connectivity index (χ4v) is 1.58. The highest BCUT2D eigenvalue weighted by Crippen LogP contribution is 2.22. The number of benzene rings is 1. The molecule has 0 saturated heterocycles. The molecule has 0 aliphatic carbocycles. The van der Waals surface area contributed by atoms with Crippen LogP contribution >= 0.6 is 15.9 Å². The predicted octanol–water partition coefficient (Wildman–Crippen LogP) is 2.82. The SMILES string of the molecule is CC(CCC(N)=O)c1ccc(Br)cc1. The molecule has 0 aliphatic heterocycles. The van der Waals surface area contributed by atoms with Gasteiger partial charge >= 0.3 is 0 Å².